The van der Waals surface area contributed by atoms with Crippen molar-refractivity contribution in [3.8, 4) is 0 Å². The molecule has 1 aromatic carbocycles. The Bertz CT molecular complexity index is 670. The lowest BCUT2D eigenvalue weighted by Crippen LogP contribution is -2.28. The van der Waals surface area contributed by atoms with Crippen molar-refractivity contribution >= 4 is 39.0 Å². The Morgan fingerprint density at radius 3 is 2.65 bits per heavy atom. The van der Waals surface area contributed by atoms with Crippen LogP contribution in [0.25, 0.3) is 0 Å². The molecule has 1 fully saturated rings. The predicted octanol–water partition coefficient (Wildman–Crippen LogP) is 3.95. The quantitative estimate of drug-likeness (QED) is 0.848. The minimum Gasteiger partial charge on any atom is -0.381 e. The summed E-state index contributed by atoms with van der Waals surface area (Å²) in [6.45, 7) is 1.31. The van der Waals surface area contributed by atoms with E-state index in [1.165, 1.54) is 0 Å². The highest BCUT2D eigenvalue weighted by Crippen LogP contribution is 2.25. The molecule has 0 spiro atoms. The third kappa shape index (κ3) is 4.30. The van der Waals surface area contributed by atoms with Crippen LogP contribution in [0.4, 0.5) is 17.2 Å². The number of pyridine rings is 1. The average Bonchev–Trinajstić information content (AvgIpc) is 2.59. The summed E-state index contributed by atoms with van der Waals surface area (Å²) in [5.41, 5.74) is 1.83. The smallest absolute Gasteiger partial charge is 0.228 e. The normalized spacial score (nSPS) is 15.2. The van der Waals surface area contributed by atoms with Crippen LogP contribution in [0, 0.1) is 5.92 Å². The maximum absolute atomic E-state index is 12.2. The second-order valence-corrected chi connectivity index (χ2v) is 6.27. The number of ether oxygens (including phenoxy) is 1. The molecule has 0 radical (unpaired) electrons. The van der Waals surface area contributed by atoms with Crippen molar-refractivity contribution in [2.45, 2.75) is 12.8 Å². The van der Waals surface area contributed by atoms with Gasteiger partial charge in [-0.25, -0.2) is 4.98 Å². The fraction of sp³-hybridized carbons (Fsp3) is 0.294. The van der Waals surface area contributed by atoms with Crippen LogP contribution in [-0.4, -0.2) is 24.1 Å². The van der Waals surface area contributed by atoms with Crippen molar-refractivity contribution in [3.05, 3.63) is 47.1 Å². The number of nitrogens with zero attached hydrogens (tertiary/aromatic N) is 1. The molecule has 2 aromatic rings. The van der Waals surface area contributed by atoms with Crippen molar-refractivity contribution < 1.29 is 9.53 Å². The van der Waals surface area contributed by atoms with Gasteiger partial charge in [0.1, 0.15) is 5.82 Å². The Balaban J connectivity index is 1.60. The largest absolute Gasteiger partial charge is 0.381 e. The summed E-state index contributed by atoms with van der Waals surface area (Å²) in [6, 6.07) is 11.6. The zero-order valence-corrected chi connectivity index (χ0v) is 14.2. The lowest BCUT2D eigenvalue weighted by Gasteiger charge is -2.20. The van der Waals surface area contributed by atoms with Crippen molar-refractivity contribution in [3.63, 3.8) is 0 Å². The molecule has 1 aliphatic rings. The number of nitrogens with one attached hydrogen (secondary N) is 2. The minimum absolute atomic E-state index is 0.0172. The zero-order chi connectivity index (χ0) is 16.1. The standard InChI is InChI=1S/C17H18BrN3O2/c18-14-3-1-2-4-15(14)20-13-5-6-16(19-11-13)21-17(22)12-7-9-23-10-8-12/h1-6,11-12,20H,7-10H2,(H,19,21,22). The van der Waals surface area contributed by atoms with Crippen molar-refractivity contribution in [2.75, 3.05) is 23.8 Å². The number of para-hydroxylation sites is 1. The molecule has 3 rings (SSSR count). The van der Waals surface area contributed by atoms with E-state index in [4.69, 9.17) is 4.74 Å². The molecule has 0 aliphatic carbocycles. The number of rotatable bonds is 4. The molecule has 0 atom stereocenters. The maximum Gasteiger partial charge on any atom is 0.228 e. The van der Waals surface area contributed by atoms with Crippen LogP contribution in [0.3, 0.4) is 0 Å². The molecule has 6 heteroatoms. The van der Waals surface area contributed by atoms with Gasteiger partial charge < -0.3 is 15.4 Å². The fourth-order valence-electron chi connectivity index (χ4n) is 2.45. The molecule has 120 valence electrons. The van der Waals surface area contributed by atoms with Crippen LogP contribution < -0.4 is 10.6 Å². The van der Waals surface area contributed by atoms with Crippen LogP contribution in [0.5, 0.6) is 0 Å². The monoisotopic (exact) mass is 375 g/mol. The van der Waals surface area contributed by atoms with Crippen molar-refractivity contribution in [2.24, 2.45) is 5.92 Å². The first-order valence-electron chi connectivity index (χ1n) is 7.58. The first-order valence-corrected chi connectivity index (χ1v) is 8.38. The summed E-state index contributed by atoms with van der Waals surface area (Å²) in [6.07, 6.45) is 3.25. The summed E-state index contributed by atoms with van der Waals surface area (Å²) >= 11 is 3.49. The number of carbonyl (C=O) groups excluding carboxylic acids is 1. The van der Waals surface area contributed by atoms with Gasteiger partial charge in [-0.15, -0.1) is 0 Å². The third-order valence-electron chi connectivity index (χ3n) is 3.76. The second-order valence-electron chi connectivity index (χ2n) is 5.41. The molecule has 23 heavy (non-hydrogen) atoms. The highest BCUT2D eigenvalue weighted by Gasteiger charge is 2.21. The van der Waals surface area contributed by atoms with Gasteiger partial charge in [-0.1, -0.05) is 12.1 Å². The van der Waals surface area contributed by atoms with Gasteiger partial charge in [0.05, 0.1) is 17.6 Å². The number of aromatic nitrogens is 1. The highest BCUT2D eigenvalue weighted by atomic mass is 79.9. The number of carbonyl (C=O) groups is 1. The predicted molar refractivity (Wildman–Crippen MR) is 93.8 cm³/mol. The van der Waals surface area contributed by atoms with Gasteiger partial charge >= 0.3 is 0 Å². The van der Waals surface area contributed by atoms with Crippen LogP contribution in [0.2, 0.25) is 0 Å². The number of hydrogen-bond donors (Lipinski definition) is 2. The number of hydrogen-bond acceptors (Lipinski definition) is 4. The van der Waals surface area contributed by atoms with Gasteiger partial charge in [-0.05, 0) is 53.0 Å². The number of benzene rings is 1. The van der Waals surface area contributed by atoms with E-state index in [1.807, 2.05) is 30.3 Å². The van der Waals surface area contributed by atoms with Gasteiger partial charge in [0.25, 0.3) is 0 Å². The fourth-order valence-corrected chi connectivity index (χ4v) is 2.83. The Morgan fingerprint density at radius 1 is 1.17 bits per heavy atom. The summed E-state index contributed by atoms with van der Waals surface area (Å²) in [5.74, 6) is 0.607. The summed E-state index contributed by atoms with van der Waals surface area (Å²) < 4.78 is 6.26. The van der Waals surface area contributed by atoms with E-state index in [0.717, 1.165) is 28.7 Å². The Morgan fingerprint density at radius 2 is 1.96 bits per heavy atom. The van der Waals surface area contributed by atoms with E-state index in [9.17, 15) is 4.79 Å². The zero-order valence-electron chi connectivity index (χ0n) is 12.6. The topological polar surface area (TPSA) is 63.2 Å². The van der Waals surface area contributed by atoms with Crippen molar-refractivity contribution in [1.29, 1.82) is 0 Å². The van der Waals surface area contributed by atoms with E-state index in [1.54, 1.807) is 12.3 Å². The molecule has 5 nitrogen and oxygen atoms in total. The summed E-state index contributed by atoms with van der Waals surface area (Å²) in [7, 11) is 0. The first kappa shape index (κ1) is 16.0. The van der Waals surface area contributed by atoms with E-state index >= 15 is 0 Å². The lowest BCUT2D eigenvalue weighted by molar-refractivity contribution is -0.122. The number of anilines is 3. The first-order chi connectivity index (χ1) is 11.2. The third-order valence-corrected chi connectivity index (χ3v) is 4.45. The Hall–Kier alpha value is -1.92. The molecule has 0 bridgehead atoms. The Labute approximate surface area is 143 Å². The molecular weight excluding hydrogens is 358 g/mol. The molecule has 0 saturated carbocycles. The van der Waals surface area contributed by atoms with Gasteiger partial charge in [0, 0.05) is 23.6 Å². The molecular formula is C17H18BrN3O2. The average molecular weight is 376 g/mol. The van der Waals surface area contributed by atoms with Gasteiger partial charge in [0.15, 0.2) is 0 Å². The van der Waals surface area contributed by atoms with E-state index in [-0.39, 0.29) is 11.8 Å². The summed E-state index contributed by atoms with van der Waals surface area (Å²) in [4.78, 5) is 16.5. The summed E-state index contributed by atoms with van der Waals surface area (Å²) in [5, 5.41) is 6.15. The van der Waals surface area contributed by atoms with Crippen LogP contribution in [-0.2, 0) is 9.53 Å². The van der Waals surface area contributed by atoms with Crippen molar-refractivity contribution in [1.82, 2.24) is 4.98 Å². The van der Waals surface area contributed by atoms with Gasteiger partial charge in [-0.3, -0.25) is 4.79 Å². The van der Waals surface area contributed by atoms with E-state index in [0.29, 0.717) is 19.0 Å². The van der Waals surface area contributed by atoms with Crippen LogP contribution in [0.1, 0.15) is 12.8 Å². The minimum atomic E-state index is 0.0172. The SMILES string of the molecule is O=C(Nc1ccc(Nc2ccccc2Br)cn1)C1CCOCC1. The van der Waals surface area contributed by atoms with E-state index < -0.39 is 0 Å². The second kappa shape index (κ2) is 7.57. The van der Waals surface area contributed by atoms with E-state index in [2.05, 4.69) is 31.5 Å². The lowest BCUT2D eigenvalue weighted by atomic mass is 9.99. The van der Waals surface area contributed by atoms with Crippen LogP contribution in [0.15, 0.2) is 47.1 Å². The molecule has 2 N–H and O–H groups in total. The maximum atomic E-state index is 12.2. The van der Waals surface area contributed by atoms with Gasteiger partial charge in [0.2, 0.25) is 5.91 Å². The molecule has 2 heterocycles. The van der Waals surface area contributed by atoms with Gasteiger partial charge in [-0.2, -0.15) is 0 Å². The number of amides is 1. The molecule has 1 amide bonds. The van der Waals surface area contributed by atoms with Crippen LogP contribution >= 0.6 is 15.9 Å². The molecule has 1 saturated heterocycles. The molecule has 1 aliphatic heterocycles. The molecule has 1 aromatic heterocycles. The number of halogens is 1. The molecule has 0 unspecified atom stereocenters. The Kier molecular flexibility index (Phi) is 5.25. The highest BCUT2D eigenvalue weighted by molar-refractivity contribution is 9.10.